The lowest BCUT2D eigenvalue weighted by atomic mass is 9.71. The minimum absolute atomic E-state index is 0.0116. The van der Waals surface area contributed by atoms with E-state index in [9.17, 15) is 24.8 Å². The molecule has 0 radical (unpaired) electrons. The number of amides is 1. The van der Waals surface area contributed by atoms with Crippen LogP contribution in [0.5, 0.6) is 5.75 Å². The Morgan fingerprint density at radius 2 is 2.10 bits per heavy atom. The van der Waals surface area contributed by atoms with Crippen molar-refractivity contribution in [3.8, 4) is 5.75 Å². The molecule has 3 rings (SSSR count). The molecule has 2 atom stereocenters. The van der Waals surface area contributed by atoms with Crippen LogP contribution in [0.4, 0.5) is 0 Å². The Hall–Kier alpha value is -2.18. The summed E-state index contributed by atoms with van der Waals surface area (Å²) in [6.45, 7) is 0.945. The zero-order valence-electron chi connectivity index (χ0n) is 16.0. The Morgan fingerprint density at radius 1 is 1.34 bits per heavy atom. The van der Waals surface area contributed by atoms with E-state index in [4.69, 9.17) is 10.4 Å². The number of aliphatic hydroxyl groups is 1. The fourth-order valence-corrected chi connectivity index (χ4v) is 3.78. The fourth-order valence-electron chi connectivity index (χ4n) is 3.78. The van der Waals surface area contributed by atoms with Gasteiger partial charge in [0.05, 0.1) is 11.5 Å². The molecule has 29 heavy (non-hydrogen) atoms. The van der Waals surface area contributed by atoms with Crippen LogP contribution >= 0.6 is 0 Å². The lowest BCUT2D eigenvalue weighted by Gasteiger charge is -2.37. The van der Waals surface area contributed by atoms with E-state index in [1.165, 1.54) is 6.07 Å². The van der Waals surface area contributed by atoms with Crippen LogP contribution in [-0.2, 0) is 11.2 Å². The third-order valence-electron chi connectivity index (χ3n) is 5.28. The molecule has 1 aromatic rings. The largest absolute Gasteiger partial charge is 0.547 e. The van der Waals surface area contributed by atoms with Crippen molar-refractivity contribution in [2.75, 3.05) is 13.1 Å². The lowest BCUT2D eigenvalue weighted by Crippen LogP contribution is -2.55. The van der Waals surface area contributed by atoms with Crippen molar-refractivity contribution in [1.29, 1.82) is 0 Å². The van der Waals surface area contributed by atoms with Crippen LogP contribution in [0.25, 0.3) is 0 Å². The van der Waals surface area contributed by atoms with Gasteiger partial charge in [0.25, 0.3) is 0 Å². The van der Waals surface area contributed by atoms with Crippen molar-refractivity contribution in [2.24, 2.45) is 11.7 Å². The first kappa shape index (κ1) is 21.5. The predicted octanol–water partition coefficient (Wildman–Crippen LogP) is -1.59. The number of para-hydroxylation sites is 1. The van der Waals surface area contributed by atoms with E-state index in [-0.39, 0.29) is 35.6 Å². The summed E-state index contributed by atoms with van der Waals surface area (Å²) in [6.07, 6.45) is 1.32. The summed E-state index contributed by atoms with van der Waals surface area (Å²) in [6, 6.07) is 4.88. The summed E-state index contributed by atoms with van der Waals surface area (Å²) in [5.41, 5.74) is 5.99. The van der Waals surface area contributed by atoms with Gasteiger partial charge in [-0.05, 0) is 36.8 Å². The maximum atomic E-state index is 12.3. The second kappa shape index (κ2) is 9.55. The molecule has 1 aliphatic carbocycles. The summed E-state index contributed by atoms with van der Waals surface area (Å²) >= 11 is 0. The molecule has 8 N–H and O–H groups in total. The summed E-state index contributed by atoms with van der Waals surface area (Å²) in [4.78, 5) is 23.6. The minimum Gasteiger partial charge on any atom is -0.534 e. The fraction of sp³-hybridized carbons (Fsp3) is 0.556. The Balaban J connectivity index is 1.45. The van der Waals surface area contributed by atoms with E-state index >= 15 is 0 Å². The number of carbonyl (C=O) groups excluding carboxylic acids is 1. The van der Waals surface area contributed by atoms with Crippen molar-refractivity contribution in [3.63, 3.8) is 0 Å². The number of hydrogen-bond acceptors (Lipinski definition) is 8. The first-order valence-electron chi connectivity index (χ1n) is 9.74. The number of carboxylic acids is 1. The van der Waals surface area contributed by atoms with Gasteiger partial charge in [-0.15, -0.1) is 0 Å². The average Bonchev–Trinajstić information content (AvgIpc) is 2.64. The van der Waals surface area contributed by atoms with Crippen LogP contribution in [0.15, 0.2) is 18.2 Å². The van der Waals surface area contributed by atoms with Crippen molar-refractivity contribution in [2.45, 2.75) is 44.0 Å². The van der Waals surface area contributed by atoms with Crippen molar-refractivity contribution in [3.05, 3.63) is 29.3 Å². The van der Waals surface area contributed by atoms with Crippen molar-refractivity contribution >= 4 is 19.0 Å². The average molecular weight is 406 g/mol. The van der Waals surface area contributed by atoms with Crippen LogP contribution < -0.4 is 26.3 Å². The van der Waals surface area contributed by atoms with E-state index < -0.39 is 25.4 Å². The topological polar surface area (TPSA) is 166 Å². The monoisotopic (exact) mass is 406 g/mol. The maximum absolute atomic E-state index is 12.3. The van der Waals surface area contributed by atoms with Gasteiger partial charge in [0.15, 0.2) is 6.35 Å². The number of carboxylic acid groups (broad SMARTS) is 1. The lowest BCUT2D eigenvalue weighted by molar-refractivity contribution is -0.123. The molecule has 0 spiro atoms. The molecule has 158 valence electrons. The van der Waals surface area contributed by atoms with Crippen LogP contribution in [-0.4, -0.2) is 65.7 Å². The summed E-state index contributed by atoms with van der Waals surface area (Å²) in [5.74, 6) is -1.63. The van der Waals surface area contributed by atoms with Crippen LogP contribution in [0.1, 0.15) is 35.2 Å². The summed E-state index contributed by atoms with van der Waals surface area (Å²) in [7, 11) is -1.31. The first-order valence-corrected chi connectivity index (χ1v) is 9.74. The molecule has 10 nitrogen and oxygen atoms in total. The molecular formula is C18H27BN4O6. The van der Waals surface area contributed by atoms with Gasteiger partial charge in [0.1, 0.15) is 5.75 Å². The molecule has 1 heterocycles. The number of aliphatic hydroxyl groups excluding tert-OH is 1. The maximum Gasteiger partial charge on any atom is 0.547 e. The third kappa shape index (κ3) is 5.46. The van der Waals surface area contributed by atoms with Gasteiger partial charge in [-0.2, -0.15) is 0 Å². The van der Waals surface area contributed by atoms with Crippen LogP contribution in [0.2, 0.25) is 0 Å². The molecular weight excluding hydrogens is 379 g/mol. The summed E-state index contributed by atoms with van der Waals surface area (Å²) < 4.78 is 5.38. The number of hydrogen-bond donors (Lipinski definition) is 7. The van der Waals surface area contributed by atoms with E-state index in [2.05, 4.69) is 16.0 Å². The molecule has 0 saturated heterocycles. The quantitative estimate of drug-likeness (QED) is 0.189. The van der Waals surface area contributed by atoms with Crippen molar-refractivity contribution in [1.82, 2.24) is 16.0 Å². The molecule has 1 amide bonds. The van der Waals surface area contributed by atoms with Gasteiger partial charge in [-0.25, -0.2) is 4.79 Å². The molecule has 1 fully saturated rings. The van der Waals surface area contributed by atoms with Gasteiger partial charge in [0.2, 0.25) is 5.91 Å². The zero-order chi connectivity index (χ0) is 21.0. The number of nitrogens with one attached hydrogen (secondary N) is 3. The van der Waals surface area contributed by atoms with Gasteiger partial charge >= 0.3 is 13.1 Å². The van der Waals surface area contributed by atoms with Crippen LogP contribution in [0, 0.1) is 5.92 Å². The molecule has 1 aromatic carbocycles. The third-order valence-corrected chi connectivity index (χ3v) is 5.28. The van der Waals surface area contributed by atoms with E-state index in [0.29, 0.717) is 25.1 Å². The number of benzene rings is 1. The van der Waals surface area contributed by atoms with E-state index in [1.54, 1.807) is 12.1 Å². The standard InChI is InChI=1S/C18H27BN4O6/c20-4-5-21-18(27)22-12-6-10(7-12)8-15(24)23-14-9-11-2-1-3-13(17(25)26)16(11)29-19(14)28/h1-3,10,12,14,18,21-22,27-28H,4-9,20H2,(H,23,24)(H,25,26)/t10?,12?,14-,18?/m0/s1. The molecule has 0 bridgehead atoms. The number of rotatable bonds is 9. The van der Waals surface area contributed by atoms with Gasteiger partial charge in [-0.1, -0.05) is 12.1 Å². The predicted molar refractivity (Wildman–Crippen MR) is 105 cm³/mol. The molecule has 1 saturated carbocycles. The normalized spacial score (nSPS) is 24.1. The second-order valence-corrected chi connectivity index (χ2v) is 7.54. The highest BCUT2D eigenvalue weighted by Gasteiger charge is 2.39. The van der Waals surface area contributed by atoms with Gasteiger partial charge in [0, 0.05) is 25.6 Å². The smallest absolute Gasteiger partial charge is 0.534 e. The Kier molecular flexibility index (Phi) is 7.09. The van der Waals surface area contributed by atoms with Crippen LogP contribution in [0.3, 0.4) is 0 Å². The zero-order valence-corrected chi connectivity index (χ0v) is 16.0. The molecule has 2 aliphatic rings. The molecule has 1 aliphatic heterocycles. The summed E-state index contributed by atoms with van der Waals surface area (Å²) in [5, 5.41) is 37.8. The second-order valence-electron chi connectivity index (χ2n) is 7.54. The Bertz CT molecular complexity index is 745. The van der Waals surface area contributed by atoms with Gasteiger partial charge in [-0.3, -0.25) is 15.4 Å². The first-order chi connectivity index (χ1) is 13.9. The van der Waals surface area contributed by atoms with Gasteiger partial charge < -0.3 is 30.9 Å². The number of aromatic carboxylic acids is 1. The van der Waals surface area contributed by atoms with Crippen molar-refractivity contribution < 1.29 is 29.5 Å². The SMILES string of the molecule is NCCNC(O)NC1CC(CC(=O)N[C@H]2Cc3cccc(C(=O)O)c3OB2O)C1. The van der Waals surface area contributed by atoms with E-state index in [0.717, 1.165) is 12.8 Å². The molecule has 11 heteroatoms. The number of nitrogens with two attached hydrogens (primary N) is 1. The Labute approximate surface area is 169 Å². The molecule has 0 aromatic heterocycles. The highest BCUT2D eigenvalue weighted by Crippen LogP contribution is 2.32. The number of carbonyl (C=O) groups is 2. The Morgan fingerprint density at radius 3 is 2.79 bits per heavy atom. The van der Waals surface area contributed by atoms with E-state index in [1.807, 2.05) is 0 Å². The number of fused-ring (bicyclic) bond motifs is 1. The highest BCUT2D eigenvalue weighted by molar-refractivity contribution is 6.47. The minimum atomic E-state index is -1.31. The highest BCUT2D eigenvalue weighted by atomic mass is 16.5. The molecule has 1 unspecified atom stereocenters.